The van der Waals surface area contributed by atoms with E-state index in [0.717, 1.165) is 51.4 Å². The molecule has 0 aliphatic rings. The normalized spacial score (nSPS) is 14.1. The lowest BCUT2D eigenvalue weighted by atomic mass is 10.1. The van der Waals surface area contributed by atoms with Crippen LogP contribution in [-0.2, 0) is 27.9 Å². The Bertz CT molecular complexity index is 1070. The van der Waals surface area contributed by atoms with Crippen LogP contribution in [0.25, 0.3) is 0 Å². The lowest BCUT2D eigenvalue weighted by Gasteiger charge is -2.24. The molecule has 0 spiro atoms. The van der Waals surface area contributed by atoms with E-state index in [0.29, 0.717) is 24.1 Å². The number of hydrogen-bond donors (Lipinski definition) is 1. The van der Waals surface area contributed by atoms with Crippen LogP contribution < -0.4 is 0 Å². The van der Waals surface area contributed by atoms with E-state index >= 15 is 0 Å². The second kappa shape index (κ2) is 42.2. The number of carbonyl (C=O) groups is 1. The highest BCUT2D eigenvalue weighted by Crippen LogP contribution is 2.43. The Morgan fingerprint density at radius 3 is 1.43 bits per heavy atom. The number of phosphoric ester groups is 1. The topological polar surface area (TPSA) is 91.3 Å². The smallest absolute Gasteiger partial charge is 0.457 e. The van der Waals surface area contributed by atoms with E-state index < -0.39 is 13.9 Å². The summed E-state index contributed by atoms with van der Waals surface area (Å²) in [4.78, 5) is 22.9. The number of likely N-dealkylation sites (N-methyl/N-ethyl adjacent to an activating group) is 1. The fraction of sp³-hybridized carbons (Fsp3) is 0.816. The monoisotopic (exact) mass is 839 g/mol. The molecule has 0 radical (unpaired) electrons. The molecule has 0 fully saturated rings. The first-order valence-corrected chi connectivity index (χ1v) is 25.4. The van der Waals surface area contributed by atoms with Gasteiger partial charge in [-0.1, -0.05) is 165 Å². The third-order valence-corrected chi connectivity index (χ3v) is 11.1. The molecule has 2 unspecified atom stereocenters. The van der Waals surface area contributed by atoms with Gasteiger partial charge in [-0.2, -0.15) is 0 Å². The van der Waals surface area contributed by atoms with Crippen molar-refractivity contribution in [2.75, 3.05) is 54.1 Å². The van der Waals surface area contributed by atoms with Crippen LogP contribution in [-0.4, -0.2) is 75.6 Å². The van der Waals surface area contributed by atoms with Crippen molar-refractivity contribution in [1.29, 1.82) is 0 Å². The quantitative estimate of drug-likeness (QED) is 0.0215. The summed E-state index contributed by atoms with van der Waals surface area (Å²) in [7, 11) is 1.66. The third-order valence-electron chi connectivity index (χ3n) is 10.1. The number of esters is 1. The Kier molecular flexibility index (Phi) is 41.0. The van der Waals surface area contributed by atoms with Crippen LogP contribution in [0.2, 0.25) is 0 Å². The fourth-order valence-corrected chi connectivity index (χ4v) is 7.12. The minimum atomic E-state index is -4.28. The molecule has 0 aliphatic heterocycles. The van der Waals surface area contributed by atoms with Crippen LogP contribution in [0.3, 0.4) is 0 Å². The minimum Gasteiger partial charge on any atom is -0.457 e. The van der Waals surface area contributed by atoms with Gasteiger partial charge in [0, 0.05) is 13.0 Å². The molecule has 0 saturated heterocycles. The number of ether oxygens (including phenoxy) is 2. The van der Waals surface area contributed by atoms with Gasteiger partial charge < -0.3 is 18.9 Å². The Labute approximate surface area is 358 Å². The highest BCUT2D eigenvalue weighted by molar-refractivity contribution is 7.47. The van der Waals surface area contributed by atoms with Crippen LogP contribution in [0.1, 0.15) is 200 Å². The van der Waals surface area contributed by atoms with Crippen molar-refractivity contribution in [3.63, 3.8) is 0 Å². The van der Waals surface area contributed by atoms with E-state index in [1.807, 2.05) is 21.1 Å². The summed E-state index contributed by atoms with van der Waals surface area (Å²) in [5, 5.41) is 0. The van der Waals surface area contributed by atoms with Crippen LogP contribution in [0.4, 0.5) is 0 Å². The van der Waals surface area contributed by atoms with E-state index in [1.165, 1.54) is 128 Å². The molecule has 0 aliphatic carbocycles. The minimum absolute atomic E-state index is 0.0845. The summed E-state index contributed by atoms with van der Waals surface area (Å²) in [6, 6.07) is 0. The molecule has 2 atom stereocenters. The molecule has 0 saturated carbocycles. The first kappa shape index (κ1) is 56.5. The maximum Gasteiger partial charge on any atom is 0.472 e. The maximum absolute atomic E-state index is 12.7. The van der Waals surface area contributed by atoms with Crippen LogP contribution >= 0.6 is 7.82 Å². The van der Waals surface area contributed by atoms with E-state index in [2.05, 4.69) is 62.5 Å². The van der Waals surface area contributed by atoms with Gasteiger partial charge in [0.05, 0.1) is 34.4 Å². The molecule has 0 aromatic rings. The Morgan fingerprint density at radius 1 is 0.534 bits per heavy atom. The molecule has 0 bridgehead atoms. The van der Waals surface area contributed by atoms with Crippen molar-refractivity contribution in [2.24, 2.45) is 0 Å². The fourth-order valence-electron chi connectivity index (χ4n) is 6.38. The van der Waals surface area contributed by atoms with Crippen LogP contribution in [0.5, 0.6) is 0 Å². The third kappa shape index (κ3) is 45.5. The molecule has 8 nitrogen and oxygen atoms in total. The van der Waals surface area contributed by atoms with Crippen molar-refractivity contribution < 1.29 is 37.3 Å². The second-order valence-electron chi connectivity index (χ2n) is 17.1. The Morgan fingerprint density at radius 2 is 0.948 bits per heavy atom. The summed E-state index contributed by atoms with van der Waals surface area (Å²) in [5.74, 6) is -0.324. The summed E-state index contributed by atoms with van der Waals surface area (Å²) in [5.41, 5.74) is 0. The number of unbranched alkanes of at least 4 members (excludes halogenated alkanes) is 22. The van der Waals surface area contributed by atoms with Crippen molar-refractivity contribution in [3.8, 4) is 0 Å². The molecule has 9 heteroatoms. The molecular formula is C49H93NO7P+. The Hall–Kier alpha value is -1.54. The van der Waals surface area contributed by atoms with Crippen molar-refractivity contribution in [2.45, 2.75) is 206 Å². The maximum atomic E-state index is 12.7. The molecular weight excluding hydrogens is 746 g/mol. The SMILES string of the molecule is CCCCC/C=C\C/C=C\CCCCCCCCCCOCC(COP(=O)(O)OCC[N+](C)(C)C)OC(=O)CCCCCCCCC/C=C\C/C=C\CCCCCC. The summed E-state index contributed by atoms with van der Waals surface area (Å²) in [6.45, 7) is 5.57. The highest BCUT2D eigenvalue weighted by Gasteiger charge is 2.26. The van der Waals surface area contributed by atoms with Gasteiger partial charge in [-0.25, -0.2) is 4.57 Å². The molecule has 0 rings (SSSR count). The van der Waals surface area contributed by atoms with Crippen molar-refractivity contribution in [1.82, 2.24) is 0 Å². The van der Waals surface area contributed by atoms with Crippen molar-refractivity contribution in [3.05, 3.63) is 48.6 Å². The predicted molar refractivity (Wildman–Crippen MR) is 247 cm³/mol. The summed E-state index contributed by atoms with van der Waals surface area (Å²) in [6.07, 6.45) is 51.4. The molecule has 0 aromatic heterocycles. The lowest BCUT2D eigenvalue weighted by molar-refractivity contribution is -0.870. The number of nitrogens with zero attached hydrogens (tertiary/aromatic N) is 1. The van der Waals surface area contributed by atoms with Gasteiger partial charge in [-0.05, 0) is 77.0 Å². The highest BCUT2D eigenvalue weighted by atomic mass is 31.2. The first-order chi connectivity index (χ1) is 28.1. The number of rotatable bonds is 44. The van der Waals surface area contributed by atoms with Gasteiger partial charge in [0.25, 0.3) is 0 Å². The van der Waals surface area contributed by atoms with Crippen LogP contribution in [0.15, 0.2) is 48.6 Å². The first-order valence-electron chi connectivity index (χ1n) is 23.9. The Balaban J connectivity index is 4.22. The van der Waals surface area contributed by atoms with Gasteiger partial charge in [0.15, 0.2) is 0 Å². The molecule has 1 N–H and O–H groups in total. The number of allylic oxidation sites excluding steroid dienone is 8. The average molecular weight is 839 g/mol. The zero-order valence-corrected chi connectivity index (χ0v) is 39.4. The summed E-state index contributed by atoms with van der Waals surface area (Å²) >= 11 is 0. The number of quaternary nitrogens is 1. The molecule has 340 valence electrons. The van der Waals surface area contributed by atoms with Gasteiger partial charge in [-0.3, -0.25) is 13.8 Å². The van der Waals surface area contributed by atoms with Gasteiger partial charge in [-0.15, -0.1) is 0 Å². The molecule has 58 heavy (non-hydrogen) atoms. The van der Waals surface area contributed by atoms with E-state index in [4.69, 9.17) is 18.5 Å². The number of hydrogen-bond acceptors (Lipinski definition) is 6. The molecule has 0 amide bonds. The number of carbonyl (C=O) groups excluding carboxylic acids is 1. The largest absolute Gasteiger partial charge is 0.472 e. The van der Waals surface area contributed by atoms with E-state index in [1.54, 1.807) is 0 Å². The predicted octanol–water partition coefficient (Wildman–Crippen LogP) is 14.3. The average Bonchev–Trinajstić information content (AvgIpc) is 3.18. The standard InChI is InChI=1S/C49H92NO7P/c1-6-8-10-12-14-16-18-20-22-24-26-28-30-32-34-36-38-40-42-49(51)57-48(47-56-58(52,53)55-45-43-50(3,4)5)46-54-44-41-39-37-35-33-31-29-27-25-23-21-19-17-15-13-11-9-7-2/h15-18,21-24,48H,6-14,19-20,25-47H2,1-5H3/p+1/b17-15-,18-16-,23-21-,24-22-. The summed E-state index contributed by atoms with van der Waals surface area (Å²) < 4.78 is 35.1. The molecule has 0 aromatic carbocycles. The van der Waals surface area contributed by atoms with Gasteiger partial charge in [0.2, 0.25) is 0 Å². The zero-order valence-electron chi connectivity index (χ0n) is 38.5. The van der Waals surface area contributed by atoms with Gasteiger partial charge >= 0.3 is 13.8 Å². The van der Waals surface area contributed by atoms with E-state index in [9.17, 15) is 14.3 Å². The van der Waals surface area contributed by atoms with Gasteiger partial charge in [0.1, 0.15) is 19.3 Å². The zero-order chi connectivity index (χ0) is 42.7. The van der Waals surface area contributed by atoms with E-state index in [-0.39, 0.29) is 25.8 Å². The second-order valence-corrected chi connectivity index (χ2v) is 18.6. The number of phosphoric acid groups is 1. The van der Waals surface area contributed by atoms with Crippen molar-refractivity contribution >= 4 is 13.8 Å². The lowest BCUT2D eigenvalue weighted by Crippen LogP contribution is -2.37. The van der Waals surface area contributed by atoms with Crippen LogP contribution in [0, 0.1) is 0 Å². The molecule has 0 heterocycles.